The molecule has 1 aromatic rings. The lowest BCUT2D eigenvalue weighted by Gasteiger charge is -2.42. The van der Waals surface area contributed by atoms with Crippen LogP contribution in [-0.2, 0) is 4.79 Å². The smallest absolute Gasteiger partial charge is 0.220 e. The van der Waals surface area contributed by atoms with Crippen LogP contribution in [0.4, 0.5) is 0 Å². The van der Waals surface area contributed by atoms with E-state index in [1.165, 1.54) is 5.56 Å². The van der Waals surface area contributed by atoms with Crippen molar-refractivity contribution in [3.8, 4) is 0 Å². The molecule has 168 valence electrons. The summed E-state index contributed by atoms with van der Waals surface area (Å²) in [6, 6.07) is 7.81. The van der Waals surface area contributed by atoms with Crippen LogP contribution in [0.15, 0.2) is 59.5 Å². The van der Waals surface area contributed by atoms with Crippen molar-refractivity contribution in [2.45, 2.75) is 63.8 Å². The number of amides is 1. The molecule has 0 bridgehead atoms. The molecule has 0 saturated heterocycles. The van der Waals surface area contributed by atoms with Gasteiger partial charge in [0.1, 0.15) is 5.76 Å². The minimum Gasteiger partial charge on any atom is -0.506 e. The van der Waals surface area contributed by atoms with Crippen LogP contribution >= 0.6 is 11.6 Å². The maximum atomic E-state index is 12.7. The number of unbranched alkanes of at least 4 members (excludes halogenated alkanes) is 1. The van der Waals surface area contributed by atoms with Crippen molar-refractivity contribution in [1.82, 2.24) is 10.2 Å². The number of fused-ring (bicyclic) bond motifs is 1. The fourth-order valence-corrected chi connectivity index (χ4v) is 4.67. The zero-order valence-electron chi connectivity index (χ0n) is 19.3. The first-order valence-corrected chi connectivity index (χ1v) is 11.7. The molecule has 5 heteroatoms. The van der Waals surface area contributed by atoms with Gasteiger partial charge in [0.25, 0.3) is 0 Å². The van der Waals surface area contributed by atoms with Crippen molar-refractivity contribution < 1.29 is 9.90 Å². The number of rotatable bonds is 7. The Morgan fingerprint density at radius 3 is 2.55 bits per heavy atom. The molecule has 3 unspecified atom stereocenters. The van der Waals surface area contributed by atoms with Crippen molar-refractivity contribution >= 4 is 17.5 Å². The third-order valence-electron chi connectivity index (χ3n) is 6.29. The summed E-state index contributed by atoms with van der Waals surface area (Å²) in [6.45, 7) is 9.06. The molecule has 2 aliphatic rings. The summed E-state index contributed by atoms with van der Waals surface area (Å²) in [5.41, 5.74) is 3.64. The molecule has 3 rings (SSSR count). The van der Waals surface area contributed by atoms with Gasteiger partial charge in [-0.25, -0.2) is 0 Å². The Bertz CT molecular complexity index is 896. The second kappa shape index (κ2) is 9.52. The quantitative estimate of drug-likeness (QED) is 0.403. The van der Waals surface area contributed by atoms with Gasteiger partial charge in [-0.3, -0.25) is 4.79 Å². The molecular weight excluding hydrogens is 408 g/mol. The first-order chi connectivity index (χ1) is 14.7. The lowest BCUT2D eigenvalue weighted by atomic mass is 9.77. The molecule has 3 atom stereocenters. The predicted octanol–water partition coefficient (Wildman–Crippen LogP) is 5.98. The summed E-state index contributed by atoms with van der Waals surface area (Å²) in [7, 11) is 1.96. The van der Waals surface area contributed by atoms with Gasteiger partial charge in [-0.1, -0.05) is 69.7 Å². The number of halogens is 1. The summed E-state index contributed by atoms with van der Waals surface area (Å²) in [6.07, 6.45) is 8.32. The normalized spacial score (nSPS) is 24.2. The number of carbonyl (C=O) groups excluding carboxylic acids is 1. The van der Waals surface area contributed by atoms with Crippen molar-refractivity contribution in [2.24, 2.45) is 5.92 Å². The molecule has 1 amide bonds. The number of likely N-dealkylation sites (N-methyl/N-ethyl adjacent to an activating group) is 1. The zero-order chi connectivity index (χ0) is 22.8. The summed E-state index contributed by atoms with van der Waals surface area (Å²) >= 11 is 6.98. The number of aliphatic hydroxyl groups is 1. The van der Waals surface area contributed by atoms with Crippen LogP contribution in [0.2, 0.25) is 0 Å². The lowest BCUT2D eigenvalue weighted by molar-refractivity contribution is -0.121. The van der Waals surface area contributed by atoms with Gasteiger partial charge >= 0.3 is 0 Å². The Hall–Kier alpha value is -2.20. The van der Waals surface area contributed by atoms with Gasteiger partial charge < -0.3 is 15.3 Å². The molecule has 1 aliphatic heterocycles. The Morgan fingerprint density at radius 1 is 1.29 bits per heavy atom. The Kier molecular flexibility index (Phi) is 7.20. The van der Waals surface area contributed by atoms with Crippen LogP contribution in [0.5, 0.6) is 0 Å². The second-order valence-electron chi connectivity index (χ2n) is 9.20. The van der Waals surface area contributed by atoms with Crippen molar-refractivity contribution in [3.63, 3.8) is 0 Å². The van der Waals surface area contributed by atoms with Crippen molar-refractivity contribution in [2.75, 3.05) is 13.6 Å². The van der Waals surface area contributed by atoms with E-state index < -0.39 is 10.9 Å². The number of aliphatic hydroxyl groups excluding tert-OH is 1. The van der Waals surface area contributed by atoms with Crippen LogP contribution in [0, 0.1) is 5.92 Å². The molecule has 0 saturated carbocycles. The van der Waals surface area contributed by atoms with E-state index >= 15 is 0 Å². The predicted molar refractivity (Wildman–Crippen MR) is 128 cm³/mol. The number of benzene rings is 1. The largest absolute Gasteiger partial charge is 0.506 e. The number of hydrogen-bond donors (Lipinski definition) is 2. The fourth-order valence-electron chi connectivity index (χ4n) is 4.38. The third kappa shape index (κ3) is 5.01. The summed E-state index contributed by atoms with van der Waals surface area (Å²) < 4.78 is 0. The van der Waals surface area contributed by atoms with Gasteiger partial charge in [0.2, 0.25) is 5.91 Å². The summed E-state index contributed by atoms with van der Waals surface area (Å²) in [5.74, 6) is 0.500. The highest BCUT2D eigenvalue weighted by Crippen LogP contribution is 2.46. The molecule has 1 heterocycles. The molecule has 2 N–H and O–H groups in total. The first-order valence-electron chi connectivity index (χ1n) is 11.3. The van der Waals surface area contributed by atoms with Crippen LogP contribution < -0.4 is 5.32 Å². The van der Waals surface area contributed by atoms with E-state index in [2.05, 4.69) is 50.4 Å². The topological polar surface area (TPSA) is 52.6 Å². The average Bonchev–Trinajstić information content (AvgIpc) is 2.73. The van der Waals surface area contributed by atoms with Crippen LogP contribution in [0.3, 0.4) is 0 Å². The minimum atomic E-state index is -0.702. The van der Waals surface area contributed by atoms with Gasteiger partial charge in [0, 0.05) is 31.5 Å². The van der Waals surface area contributed by atoms with E-state index in [0.717, 1.165) is 24.1 Å². The Balaban J connectivity index is 2.06. The van der Waals surface area contributed by atoms with E-state index in [1.54, 1.807) is 0 Å². The van der Waals surface area contributed by atoms with E-state index in [1.807, 2.05) is 37.1 Å². The molecule has 31 heavy (non-hydrogen) atoms. The van der Waals surface area contributed by atoms with Gasteiger partial charge in [0.05, 0.1) is 16.6 Å². The van der Waals surface area contributed by atoms with Crippen molar-refractivity contribution in [3.05, 3.63) is 70.6 Å². The molecular formula is C26H35ClN2O2. The lowest BCUT2D eigenvalue weighted by Crippen LogP contribution is -2.42. The molecule has 0 aromatic heterocycles. The molecule has 4 nitrogen and oxygen atoms in total. The molecule has 0 spiro atoms. The molecule has 1 aromatic carbocycles. The first kappa shape index (κ1) is 23.5. The zero-order valence-corrected chi connectivity index (χ0v) is 20.0. The van der Waals surface area contributed by atoms with Crippen LogP contribution in [0.1, 0.15) is 70.0 Å². The van der Waals surface area contributed by atoms with Gasteiger partial charge in [-0.15, -0.1) is 11.6 Å². The highest BCUT2D eigenvalue weighted by Gasteiger charge is 2.42. The maximum absolute atomic E-state index is 12.7. The van der Waals surface area contributed by atoms with E-state index in [0.29, 0.717) is 24.5 Å². The van der Waals surface area contributed by atoms with Gasteiger partial charge in [0.15, 0.2) is 0 Å². The number of carbonyl (C=O) groups is 1. The molecule has 1 aliphatic carbocycles. The van der Waals surface area contributed by atoms with E-state index in [9.17, 15) is 9.90 Å². The van der Waals surface area contributed by atoms with Crippen LogP contribution in [0.25, 0.3) is 0 Å². The molecule has 0 radical (unpaired) electrons. The fraction of sp³-hybridized carbons (Fsp3) is 0.500. The average molecular weight is 443 g/mol. The van der Waals surface area contributed by atoms with Gasteiger partial charge in [-0.05, 0) is 30.4 Å². The minimum absolute atomic E-state index is 0.0196. The number of alkyl halides is 1. The third-order valence-corrected chi connectivity index (χ3v) is 6.63. The number of allylic oxidation sites excluding steroid dienone is 2. The Labute approximate surface area is 191 Å². The summed E-state index contributed by atoms with van der Waals surface area (Å²) in [4.78, 5) is 14.1. The highest BCUT2D eigenvalue weighted by molar-refractivity contribution is 6.25. The monoisotopic (exact) mass is 442 g/mol. The molecule has 0 fully saturated rings. The number of nitrogens with one attached hydrogen (secondary N) is 1. The standard InChI is InChI=1S/C26H35ClN2O2/c1-6-7-10-22(30)28-23(19-13-11-18(12-14-19)17(2)3)20-16-26(4,27)21-9-8-15-29(5)24(21)25(20)31/h8-9,11-14,16-17,21,23,31H,6-7,10,15H2,1-5H3,(H,28,30). The summed E-state index contributed by atoms with van der Waals surface area (Å²) in [5, 5.41) is 14.5. The van der Waals surface area contributed by atoms with Crippen LogP contribution in [-0.4, -0.2) is 34.4 Å². The number of nitrogens with zero attached hydrogens (tertiary/aromatic N) is 1. The maximum Gasteiger partial charge on any atom is 0.220 e. The highest BCUT2D eigenvalue weighted by atomic mass is 35.5. The SMILES string of the molecule is CCCCC(=O)NC(C1=CC(C)(Cl)C2C=CCN(C)C2=C1O)c1ccc(C(C)C)cc1. The Morgan fingerprint density at radius 2 is 1.94 bits per heavy atom. The van der Waals surface area contributed by atoms with E-state index in [-0.39, 0.29) is 17.6 Å². The van der Waals surface area contributed by atoms with Crippen molar-refractivity contribution in [1.29, 1.82) is 0 Å². The van der Waals surface area contributed by atoms with Gasteiger partial charge in [-0.2, -0.15) is 0 Å². The van der Waals surface area contributed by atoms with E-state index in [4.69, 9.17) is 11.6 Å². The number of hydrogen-bond acceptors (Lipinski definition) is 3. The second-order valence-corrected chi connectivity index (χ2v) is 10.0.